The van der Waals surface area contributed by atoms with Crippen LogP contribution in [-0.4, -0.2) is 63.1 Å². The Labute approximate surface area is 254 Å². The highest BCUT2D eigenvalue weighted by molar-refractivity contribution is 7.09. The third-order valence-corrected chi connectivity index (χ3v) is 8.10. The zero-order valence-electron chi connectivity index (χ0n) is 25.8. The Morgan fingerprint density at radius 2 is 1.76 bits per heavy atom. The van der Waals surface area contributed by atoms with E-state index in [1.54, 1.807) is 29.6 Å². The molecule has 0 aliphatic rings. The molecule has 0 saturated heterocycles. The summed E-state index contributed by atoms with van der Waals surface area (Å²) in [6.07, 6.45) is 4.91. The first-order chi connectivity index (χ1) is 20.1. The number of unbranched alkanes of at least 4 members (excludes halogenated alkanes) is 1. The highest BCUT2D eigenvalue weighted by Crippen LogP contribution is 2.31. The van der Waals surface area contributed by atoms with Crippen molar-refractivity contribution in [3.8, 4) is 5.75 Å². The summed E-state index contributed by atoms with van der Waals surface area (Å²) in [5.74, 6) is -0.776. The maximum absolute atomic E-state index is 13.3. The van der Waals surface area contributed by atoms with Crippen LogP contribution in [0.4, 0.5) is 0 Å². The van der Waals surface area contributed by atoms with Crippen molar-refractivity contribution in [2.45, 2.75) is 111 Å². The molecule has 3 unspecified atom stereocenters. The summed E-state index contributed by atoms with van der Waals surface area (Å²) in [6, 6.07) is 6.20. The topological polar surface area (TPSA) is 129 Å². The molecule has 0 saturated carbocycles. The zero-order chi connectivity index (χ0) is 31.1. The first-order valence-electron chi connectivity index (χ1n) is 15.3. The van der Waals surface area contributed by atoms with Gasteiger partial charge in [0.05, 0.1) is 0 Å². The highest BCUT2D eigenvalue weighted by atomic mass is 32.1. The second-order valence-corrected chi connectivity index (χ2v) is 12.0. The fourth-order valence-corrected chi connectivity index (χ4v) is 5.76. The SMILES string of the molecule is CCCCC(=O)N(CCC)C(CC(OCCC)c1nc(C(=O)NC(CCC(=O)O)Cc2ccc(O)cc2)cs1)C(C)C. The van der Waals surface area contributed by atoms with E-state index >= 15 is 0 Å². The molecule has 2 amide bonds. The molecule has 0 fully saturated rings. The molecular weight excluding hydrogens is 554 g/mol. The molecule has 0 aliphatic heterocycles. The lowest BCUT2D eigenvalue weighted by Crippen LogP contribution is -2.44. The molecule has 1 heterocycles. The van der Waals surface area contributed by atoms with Gasteiger partial charge in [-0.3, -0.25) is 14.4 Å². The Morgan fingerprint density at radius 1 is 1.05 bits per heavy atom. The maximum Gasteiger partial charge on any atom is 0.303 e. The number of benzene rings is 1. The van der Waals surface area contributed by atoms with Gasteiger partial charge in [-0.2, -0.15) is 0 Å². The number of hydrogen-bond acceptors (Lipinski definition) is 7. The number of nitrogens with one attached hydrogen (secondary N) is 1. The minimum absolute atomic E-state index is 0.0250. The maximum atomic E-state index is 13.3. The summed E-state index contributed by atoms with van der Waals surface area (Å²) in [5.41, 5.74) is 1.14. The summed E-state index contributed by atoms with van der Waals surface area (Å²) < 4.78 is 6.27. The van der Waals surface area contributed by atoms with Crippen LogP contribution in [-0.2, 0) is 20.7 Å². The largest absolute Gasteiger partial charge is 0.508 e. The Morgan fingerprint density at radius 3 is 2.36 bits per heavy atom. The lowest BCUT2D eigenvalue weighted by atomic mass is 9.95. The van der Waals surface area contributed by atoms with Crippen molar-refractivity contribution in [3.63, 3.8) is 0 Å². The van der Waals surface area contributed by atoms with E-state index in [4.69, 9.17) is 4.74 Å². The minimum Gasteiger partial charge on any atom is -0.508 e. The van der Waals surface area contributed by atoms with Crippen molar-refractivity contribution in [2.75, 3.05) is 13.2 Å². The Hall–Kier alpha value is -2.98. The van der Waals surface area contributed by atoms with Gasteiger partial charge in [0.2, 0.25) is 5.91 Å². The van der Waals surface area contributed by atoms with Crippen LogP contribution in [0.25, 0.3) is 0 Å². The lowest BCUT2D eigenvalue weighted by molar-refractivity contribution is -0.137. The summed E-state index contributed by atoms with van der Waals surface area (Å²) in [5, 5.41) is 24.2. The monoisotopic (exact) mass is 603 g/mol. The lowest BCUT2D eigenvalue weighted by Gasteiger charge is -2.36. The van der Waals surface area contributed by atoms with Gasteiger partial charge in [0.25, 0.3) is 5.91 Å². The molecular formula is C32H49N3O6S. The number of carboxylic acids is 1. The van der Waals surface area contributed by atoms with E-state index in [0.29, 0.717) is 37.4 Å². The average Bonchev–Trinajstić information content (AvgIpc) is 3.45. The van der Waals surface area contributed by atoms with Gasteiger partial charge in [-0.05, 0) is 55.7 Å². The van der Waals surface area contributed by atoms with Gasteiger partial charge in [0, 0.05) is 49.9 Å². The number of ether oxygens (including phenoxy) is 1. The molecule has 9 nitrogen and oxygen atoms in total. The second kappa shape index (κ2) is 18.5. The third-order valence-electron chi connectivity index (χ3n) is 7.17. The molecule has 3 N–H and O–H groups in total. The quantitative estimate of drug-likeness (QED) is 0.160. The standard InChI is InChI=1S/C32H49N3O6S/c1-6-9-10-29(37)35(17-7-2)27(22(4)5)20-28(41-18-8-3)32-34-26(21-42-32)31(40)33-24(13-16-30(38)39)19-23-11-14-25(36)15-12-23/h11-12,14-15,21-22,24,27-28,36H,6-10,13,16-20H2,1-5H3,(H,33,40)(H,38,39). The number of thiazole rings is 1. The molecule has 42 heavy (non-hydrogen) atoms. The van der Waals surface area contributed by atoms with Crippen LogP contribution in [0.15, 0.2) is 29.6 Å². The predicted octanol–water partition coefficient (Wildman–Crippen LogP) is 6.37. The van der Waals surface area contributed by atoms with Crippen LogP contribution in [0, 0.1) is 5.92 Å². The molecule has 0 radical (unpaired) electrons. The van der Waals surface area contributed by atoms with E-state index in [1.165, 1.54) is 11.3 Å². The normalized spacial score (nSPS) is 13.5. The van der Waals surface area contributed by atoms with Crippen LogP contribution >= 0.6 is 11.3 Å². The number of aromatic hydroxyl groups is 1. The number of aliphatic carboxylic acids is 1. The first-order valence-corrected chi connectivity index (χ1v) is 16.1. The molecule has 0 aliphatic carbocycles. The summed E-state index contributed by atoms with van der Waals surface area (Å²) >= 11 is 1.37. The third kappa shape index (κ3) is 11.7. The summed E-state index contributed by atoms with van der Waals surface area (Å²) in [7, 11) is 0. The molecule has 0 bridgehead atoms. The second-order valence-electron chi connectivity index (χ2n) is 11.1. The van der Waals surface area contributed by atoms with Crippen LogP contribution in [0.5, 0.6) is 5.75 Å². The number of carbonyl (C=O) groups excluding carboxylic acids is 2. The van der Waals surface area contributed by atoms with Crippen LogP contribution in [0.1, 0.15) is 113 Å². The molecule has 10 heteroatoms. The molecule has 0 spiro atoms. The van der Waals surface area contributed by atoms with Gasteiger partial charge in [-0.1, -0.05) is 53.2 Å². The Balaban J connectivity index is 2.24. The fourth-order valence-electron chi connectivity index (χ4n) is 4.91. The molecule has 2 rings (SSSR count). The van der Waals surface area contributed by atoms with Crippen LogP contribution in [0.3, 0.4) is 0 Å². The molecule has 2 aromatic rings. The summed E-state index contributed by atoms with van der Waals surface area (Å²) in [4.78, 5) is 44.4. The van der Waals surface area contributed by atoms with E-state index in [2.05, 4.69) is 38.0 Å². The number of nitrogens with zero attached hydrogens (tertiary/aromatic N) is 2. The average molecular weight is 604 g/mol. The highest BCUT2D eigenvalue weighted by Gasteiger charge is 2.31. The Bertz CT molecular complexity index is 1100. The van der Waals surface area contributed by atoms with E-state index in [-0.39, 0.29) is 54.2 Å². The van der Waals surface area contributed by atoms with Gasteiger partial charge in [-0.25, -0.2) is 4.98 Å². The number of hydrogen-bond donors (Lipinski definition) is 3. The van der Waals surface area contributed by atoms with Gasteiger partial charge < -0.3 is 25.2 Å². The number of amides is 2. The predicted molar refractivity (Wildman–Crippen MR) is 166 cm³/mol. The Kier molecular flexibility index (Phi) is 15.5. The number of phenols is 1. The van der Waals surface area contributed by atoms with Gasteiger partial charge in [0.1, 0.15) is 22.6 Å². The van der Waals surface area contributed by atoms with E-state index in [1.807, 2.05) is 11.8 Å². The summed E-state index contributed by atoms with van der Waals surface area (Å²) in [6.45, 7) is 11.7. The van der Waals surface area contributed by atoms with Crippen molar-refractivity contribution in [3.05, 3.63) is 45.9 Å². The van der Waals surface area contributed by atoms with E-state index in [9.17, 15) is 24.6 Å². The number of rotatable bonds is 20. The van der Waals surface area contributed by atoms with E-state index < -0.39 is 12.0 Å². The number of carbonyl (C=O) groups is 3. The fraction of sp³-hybridized carbons (Fsp3) is 0.625. The molecule has 234 valence electrons. The first kappa shape index (κ1) is 35.2. The van der Waals surface area contributed by atoms with Crippen molar-refractivity contribution in [1.29, 1.82) is 0 Å². The van der Waals surface area contributed by atoms with Crippen LogP contribution in [0.2, 0.25) is 0 Å². The molecule has 1 aromatic heterocycles. The number of aromatic nitrogens is 1. The molecule has 1 aromatic carbocycles. The van der Waals surface area contributed by atoms with E-state index in [0.717, 1.165) is 31.2 Å². The van der Waals surface area contributed by atoms with Crippen molar-refractivity contribution in [2.24, 2.45) is 5.92 Å². The van der Waals surface area contributed by atoms with Gasteiger partial charge in [0.15, 0.2) is 0 Å². The van der Waals surface area contributed by atoms with Gasteiger partial charge >= 0.3 is 5.97 Å². The van der Waals surface area contributed by atoms with Gasteiger partial charge in [-0.15, -0.1) is 11.3 Å². The minimum atomic E-state index is -0.934. The number of phenolic OH excluding ortho intramolecular Hbond substituents is 1. The van der Waals surface area contributed by atoms with Crippen molar-refractivity contribution in [1.82, 2.24) is 15.2 Å². The molecule has 3 atom stereocenters. The van der Waals surface area contributed by atoms with Crippen molar-refractivity contribution >= 4 is 29.1 Å². The smallest absolute Gasteiger partial charge is 0.303 e. The number of carboxylic acid groups (broad SMARTS) is 1. The zero-order valence-corrected chi connectivity index (χ0v) is 26.6. The van der Waals surface area contributed by atoms with Crippen molar-refractivity contribution < 1.29 is 29.3 Å². The van der Waals surface area contributed by atoms with Crippen LogP contribution < -0.4 is 5.32 Å².